The Hall–Kier alpha value is -2.94. The molecule has 10 heteroatoms. The van der Waals surface area contributed by atoms with E-state index in [9.17, 15) is 13.6 Å². The van der Waals surface area contributed by atoms with Gasteiger partial charge in [-0.1, -0.05) is 11.6 Å². The number of nitrogens with one attached hydrogen (secondary N) is 1. The monoisotopic (exact) mass is 433 g/mol. The average molecular weight is 434 g/mol. The lowest BCUT2D eigenvalue weighted by molar-refractivity contribution is 0.0918. The Bertz CT molecular complexity index is 1000. The minimum atomic E-state index is -2.71. The van der Waals surface area contributed by atoms with Gasteiger partial charge in [0, 0.05) is 22.5 Å². The van der Waals surface area contributed by atoms with Crippen LogP contribution in [0.5, 0.6) is 0 Å². The van der Waals surface area contributed by atoms with Crippen LogP contribution < -0.4 is 5.32 Å². The van der Waals surface area contributed by atoms with Gasteiger partial charge >= 0.3 is 0 Å². The maximum absolute atomic E-state index is 12.5. The van der Waals surface area contributed by atoms with Crippen molar-refractivity contribution in [3.8, 4) is 11.5 Å². The normalized spacial score (nSPS) is 19.1. The van der Waals surface area contributed by atoms with E-state index in [1.165, 1.54) is 0 Å². The van der Waals surface area contributed by atoms with Crippen molar-refractivity contribution in [1.82, 2.24) is 25.5 Å². The molecule has 0 saturated heterocycles. The van der Waals surface area contributed by atoms with Crippen molar-refractivity contribution in [1.29, 1.82) is 0 Å². The molecule has 7 nitrogen and oxygen atoms in total. The molecule has 4 rings (SSSR count). The summed E-state index contributed by atoms with van der Waals surface area (Å²) in [5.74, 6) is 0.729. The van der Waals surface area contributed by atoms with Gasteiger partial charge in [0.25, 0.3) is 12.3 Å². The summed E-state index contributed by atoms with van der Waals surface area (Å²) in [7, 11) is 0. The highest BCUT2D eigenvalue weighted by Crippen LogP contribution is 2.33. The zero-order valence-electron chi connectivity index (χ0n) is 15.8. The molecule has 30 heavy (non-hydrogen) atoms. The Morgan fingerprint density at radius 3 is 2.43 bits per heavy atom. The maximum Gasteiger partial charge on any atom is 0.281 e. The van der Waals surface area contributed by atoms with Crippen molar-refractivity contribution in [3.05, 3.63) is 59.0 Å². The molecule has 2 heterocycles. The van der Waals surface area contributed by atoms with Crippen molar-refractivity contribution < 1.29 is 18.0 Å². The minimum absolute atomic E-state index is 0.0195. The number of carbonyl (C=O) groups is 1. The molecular formula is C20H18ClF2N5O2. The first-order chi connectivity index (χ1) is 14.5. The molecule has 1 amide bonds. The maximum atomic E-state index is 12.5. The van der Waals surface area contributed by atoms with Crippen molar-refractivity contribution >= 4 is 17.5 Å². The Labute approximate surface area is 175 Å². The third kappa shape index (κ3) is 4.62. The van der Waals surface area contributed by atoms with Crippen LogP contribution in [0.1, 0.15) is 60.1 Å². The lowest BCUT2D eigenvalue weighted by atomic mass is 9.86. The Morgan fingerprint density at radius 1 is 1.07 bits per heavy atom. The van der Waals surface area contributed by atoms with Crippen LogP contribution in [0.15, 0.2) is 41.1 Å². The van der Waals surface area contributed by atoms with Gasteiger partial charge in [-0.25, -0.2) is 13.8 Å². The van der Waals surface area contributed by atoms with Crippen LogP contribution in [0, 0.1) is 0 Å². The molecule has 156 valence electrons. The van der Waals surface area contributed by atoms with Gasteiger partial charge in [-0.2, -0.15) is 0 Å². The number of rotatable bonds is 5. The van der Waals surface area contributed by atoms with Crippen molar-refractivity contribution in [3.63, 3.8) is 0 Å². The van der Waals surface area contributed by atoms with Crippen molar-refractivity contribution in [2.45, 2.75) is 44.1 Å². The van der Waals surface area contributed by atoms with E-state index in [1.807, 2.05) is 12.1 Å². The van der Waals surface area contributed by atoms with E-state index in [2.05, 4.69) is 25.5 Å². The molecule has 1 N–H and O–H groups in total. The smallest absolute Gasteiger partial charge is 0.281 e. The summed E-state index contributed by atoms with van der Waals surface area (Å²) in [6.45, 7) is 0. The van der Waals surface area contributed by atoms with E-state index in [1.54, 1.807) is 12.1 Å². The Kier molecular flexibility index (Phi) is 5.98. The first kappa shape index (κ1) is 20.3. The zero-order valence-corrected chi connectivity index (χ0v) is 16.5. The third-order valence-electron chi connectivity index (χ3n) is 5.07. The topological polar surface area (TPSA) is 93.8 Å². The molecule has 1 aliphatic carbocycles. The molecule has 0 bridgehead atoms. The quantitative estimate of drug-likeness (QED) is 0.633. The van der Waals surface area contributed by atoms with E-state index >= 15 is 0 Å². The number of hydrogen-bond acceptors (Lipinski definition) is 6. The number of aromatic nitrogens is 4. The largest absolute Gasteiger partial charge is 0.420 e. The number of halogens is 3. The van der Waals surface area contributed by atoms with Gasteiger partial charge in [-0.3, -0.25) is 9.78 Å². The van der Waals surface area contributed by atoms with Gasteiger partial charge in [-0.05, 0) is 49.9 Å². The number of benzene rings is 1. The fourth-order valence-corrected chi connectivity index (χ4v) is 3.55. The number of amides is 1. The van der Waals surface area contributed by atoms with Crippen molar-refractivity contribution in [2.75, 3.05) is 0 Å². The van der Waals surface area contributed by atoms with Gasteiger partial charge in [0.2, 0.25) is 11.8 Å². The first-order valence-electron chi connectivity index (χ1n) is 9.50. The molecular weight excluding hydrogens is 416 g/mol. The second kappa shape index (κ2) is 8.83. The van der Waals surface area contributed by atoms with Crippen LogP contribution in [-0.2, 0) is 0 Å². The summed E-state index contributed by atoms with van der Waals surface area (Å²) >= 11 is 5.90. The number of carbonyl (C=O) groups excluding carboxylic acids is 1. The Balaban J connectivity index is 1.32. The summed E-state index contributed by atoms with van der Waals surface area (Å²) in [6.07, 6.45) is 2.31. The number of nitrogens with zero attached hydrogens (tertiary/aromatic N) is 4. The van der Waals surface area contributed by atoms with Gasteiger partial charge in [0.1, 0.15) is 11.4 Å². The van der Waals surface area contributed by atoms with Crippen LogP contribution in [0.4, 0.5) is 8.78 Å². The second-order valence-corrected chi connectivity index (χ2v) is 7.54. The SMILES string of the molecule is O=C(NC1CCC(c2nnc(-c3ccc(Cl)cc3)o2)CC1)c1cnc(C(F)F)cn1. The fourth-order valence-electron chi connectivity index (χ4n) is 3.42. The predicted octanol–water partition coefficient (Wildman–Crippen LogP) is 4.57. The highest BCUT2D eigenvalue weighted by Gasteiger charge is 2.28. The second-order valence-electron chi connectivity index (χ2n) is 7.10. The summed E-state index contributed by atoms with van der Waals surface area (Å²) < 4.78 is 30.9. The molecule has 2 aromatic heterocycles. The highest BCUT2D eigenvalue weighted by atomic mass is 35.5. The molecule has 0 unspecified atom stereocenters. The van der Waals surface area contributed by atoms with E-state index in [0.29, 0.717) is 16.8 Å². The molecule has 0 radical (unpaired) electrons. The summed E-state index contributed by atoms with van der Waals surface area (Å²) in [4.78, 5) is 19.6. The first-order valence-corrected chi connectivity index (χ1v) is 9.87. The minimum Gasteiger partial charge on any atom is -0.420 e. The Morgan fingerprint density at radius 2 is 1.80 bits per heavy atom. The van der Waals surface area contributed by atoms with Crippen LogP contribution in [-0.4, -0.2) is 32.1 Å². The van der Waals surface area contributed by atoms with Gasteiger partial charge in [0.15, 0.2) is 0 Å². The van der Waals surface area contributed by atoms with Gasteiger partial charge in [-0.15, -0.1) is 10.2 Å². The number of hydrogen-bond donors (Lipinski definition) is 1. The zero-order chi connectivity index (χ0) is 21.1. The summed E-state index contributed by atoms with van der Waals surface area (Å²) in [6, 6.07) is 7.13. The van der Waals surface area contributed by atoms with Crippen molar-refractivity contribution in [2.24, 2.45) is 0 Å². The molecule has 1 fully saturated rings. The molecule has 0 spiro atoms. The van der Waals surface area contributed by atoms with Crippen LogP contribution in [0.3, 0.4) is 0 Å². The van der Waals surface area contributed by atoms with Crippen LogP contribution >= 0.6 is 11.6 Å². The summed E-state index contributed by atoms with van der Waals surface area (Å²) in [5.41, 5.74) is 0.369. The standard InChI is InChI=1S/C20H18ClF2N5O2/c21-13-5-1-11(2-6-13)19-27-28-20(30-19)12-3-7-14(8-4-12)26-18(29)16-10-24-15(9-25-16)17(22)23/h1-2,5-6,9-10,12,14,17H,3-4,7-8H2,(H,26,29). The molecule has 3 aromatic rings. The van der Waals surface area contributed by atoms with Crippen LogP contribution in [0.2, 0.25) is 5.02 Å². The van der Waals surface area contributed by atoms with Crippen LogP contribution in [0.25, 0.3) is 11.5 Å². The lowest BCUT2D eigenvalue weighted by Gasteiger charge is -2.27. The predicted molar refractivity (Wildman–Crippen MR) is 104 cm³/mol. The number of alkyl halides is 2. The highest BCUT2D eigenvalue weighted by molar-refractivity contribution is 6.30. The van der Waals surface area contributed by atoms with Gasteiger partial charge < -0.3 is 9.73 Å². The molecule has 1 saturated carbocycles. The summed E-state index contributed by atoms with van der Waals surface area (Å²) in [5, 5.41) is 11.8. The van der Waals surface area contributed by atoms with E-state index in [0.717, 1.165) is 43.6 Å². The molecule has 0 atom stereocenters. The van der Waals surface area contributed by atoms with E-state index in [-0.39, 0.29) is 17.7 Å². The third-order valence-corrected chi connectivity index (χ3v) is 5.32. The lowest BCUT2D eigenvalue weighted by Crippen LogP contribution is -2.37. The van der Waals surface area contributed by atoms with E-state index in [4.69, 9.17) is 16.0 Å². The average Bonchev–Trinajstić information content (AvgIpc) is 3.25. The molecule has 0 aliphatic heterocycles. The molecule has 1 aliphatic rings. The van der Waals surface area contributed by atoms with E-state index < -0.39 is 18.0 Å². The molecule has 1 aromatic carbocycles. The fraction of sp³-hybridized carbons (Fsp3) is 0.350. The van der Waals surface area contributed by atoms with Gasteiger partial charge in [0.05, 0.1) is 12.4 Å².